The summed E-state index contributed by atoms with van der Waals surface area (Å²) in [5, 5.41) is 1.25. The monoisotopic (exact) mass is 540 g/mol. The van der Waals surface area contributed by atoms with Gasteiger partial charge in [0.1, 0.15) is 11.4 Å². The van der Waals surface area contributed by atoms with Crippen LogP contribution in [0.15, 0.2) is 66.9 Å². The predicted molar refractivity (Wildman–Crippen MR) is 143 cm³/mol. The zero-order chi connectivity index (χ0) is 27.1. The summed E-state index contributed by atoms with van der Waals surface area (Å²) in [4.78, 5) is 18.7. The Balaban J connectivity index is 1.45. The largest absolute Gasteiger partial charge is 0.488 e. The Morgan fingerprint density at radius 2 is 1.89 bits per heavy atom. The third kappa shape index (κ3) is 5.68. The first-order chi connectivity index (χ1) is 18.0. The van der Waals surface area contributed by atoms with Gasteiger partial charge in [0.2, 0.25) is 0 Å². The minimum absolute atomic E-state index is 0.227. The van der Waals surface area contributed by atoms with E-state index in [0.29, 0.717) is 28.2 Å². The number of nitrogens with zero attached hydrogens (tertiary/aromatic N) is 1. The third-order valence-electron chi connectivity index (χ3n) is 6.95. The van der Waals surface area contributed by atoms with E-state index in [1.54, 1.807) is 29.3 Å². The van der Waals surface area contributed by atoms with Gasteiger partial charge in [-0.3, -0.25) is 4.79 Å². The Kier molecular flexibility index (Phi) is 6.90. The minimum Gasteiger partial charge on any atom is -0.488 e. The van der Waals surface area contributed by atoms with Gasteiger partial charge in [-0.1, -0.05) is 41.9 Å². The molecule has 0 unspecified atom stereocenters. The number of halogens is 4. The second-order valence-electron chi connectivity index (χ2n) is 10.4. The van der Waals surface area contributed by atoms with Gasteiger partial charge in [-0.25, -0.2) is 0 Å². The number of aromatic nitrogens is 1. The van der Waals surface area contributed by atoms with E-state index in [0.717, 1.165) is 47.2 Å². The van der Waals surface area contributed by atoms with Crippen LogP contribution in [0, 0.1) is 0 Å². The molecule has 8 heteroatoms. The van der Waals surface area contributed by atoms with Crippen molar-refractivity contribution in [3.63, 3.8) is 0 Å². The lowest BCUT2D eigenvalue weighted by molar-refractivity contribution is -0.137. The number of alkyl halides is 3. The lowest BCUT2D eigenvalue weighted by atomic mass is 9.93. The van der Waals surface area contributed by atoms with Gasteiger partial charge in [0, 0.05) is 29.7 Å². The summed E-state index contributed by atoms with van der Waals surface area (Å²) >= 11 is 6.32. The number of carbonyl (C=O) groups excluding carboxylic acids is 1. The smallest absolute Gasteiger partial charge is 0.416 e. The van der Waals surface area contributed by atoms with Gasteiger partial charge in [-0.05, 0) is 80.1 Å². The van der Waals surface area contributed by atoms with Crippen molar-refractivity contribution >= 4 is 28.4 Å². The number of ether oxygens (including phenoxy) is 1. The van der Waals surface area contributed by atoms with Crippen LogP contribution in [0.2, 0.25) is 5.02 Å². The first kappa shape index (κ1) is 26.2. The number of aromatic amines is 1. The molecule has 5 rings (SSSR count). The summed E-state index contributed by atoms with van der Waals surface area (Å²) in [6.07, 6.45) is -0.659. The van der Waals surface area contributed by atoms with Gasteiger partial charge in [0.15, 0.2) is 0 Å². The summed E-state index contributed by atoms with van der Waals surface area (Å²) in [6, 6.07) is 16.4. The number of hydrogen-bond donors (Lipinski definition) is 1. The van der Waals surface area contributed by atoms with E-state index in [-0.39, 0.29) is 24.5 Å². The Labute approximate surface area is 224 Å². The van der Waals surface area contributed by atoms with E-state index in [9.17, 15) is 18.0 Å². The van der Waals surface area contributed by atoms with E-state index in [4.69, 9.17) is 16.3 Å². The van der Waals surface area contributed by atoms with Crippen LogP contribution in [0.1, 0.15) is 52.9 Å². The molecule has 1 amide bonds. The highest BCUT2D eigenvalue weighted by molar-refractivity contribution is 6.32. The molecule has 4 nitrogen and oxygen atoms in total. The maximum atomic E-state index is 13.9. The molecule has 0 saturated heterocycles. The van der Waals surface area contributed by atoms with E-state index in [1.807, 2.05) is 18.2 Å². The number of H-pyrrole nitrogens is 1. The molecule has 0 atom stereocenters. The van der Waals surface area contributed by atoms with Crippen LogP contribution >= 0.6 is 11.6 Å². The highest BCUT2D eigenvalue weighted by Crippen LogP contribution is 2.34. The average molecular weight is 541 g/mol. The van der Waals surface area contributed by atoms with E-state index in [2.05, 4.69) is 24.9 Å². The number of carbonyl (C=O) groups is 1. The van der Waals surface area contributed by atoms with Gasteiger partial charge >= 0.3 is 6.18 Å². The second kappa shape index (κ2) is 10.0. The highest BCUT2D eigenvalue weighted by Gasteiger charge is 2.31. The Bertz CT molecular complexity index is 1490. The maximum absolute atomic E-state index is 13.9. The van der Waals surface area contributed by atoms with Gasteiger partial charge < -0.3 is 14.6 Å². The van der Waals surface area contributed by atoms with Gasteiger partial charge in [-0.2, -0.15) is 13.2 Å². The third-order valence-corrected chi connectivity index (χ3v) is 7.17. The Morgan fingerprint density at radius 3 is 2.68 bits per heavy atom. The van der Waals surface area contributed by atoms with Gasteiger partial charge in [0.05, 0.1) is 16.6 Å². The van der Waals surface area contributed by atoms with Crippen LogP contribution in [0.4, 0.5) is 13.2 Å². The van der Waals surface area contributed by atoms with Crippen LogP contribution in [0.25, 0.3) is 10.9 Å². The molecule has 1 aliphatic rings. The number of aryl methyl sites for hydroxylation is 1. The van der Waals surface area contributed by atoms with Crippen molar-refractivity contribution in [3.05, 3.63) is 99.7 Å². The first-order valence-corrected chi connectivity index (χ1v) is 12.9. The second-order valence-corrected chi connectivity index (χ2v) is 10.8. The molecule has 0 saturated carbocycles. The molecule has 1 N–H and O–H groups in total. The summed E-state index contributed by atoms with van der Waals surface area (Å²) in [5.41, 5.74) is 2.68. The quantitative estimate of drug-likeness (QED) is 0.271. The fraction of sp³-hybridized carbons (Fsp3) is 0.300. The Morgan fingerprint density at radius 1 is 1.08 bits per heavy atom. The SMILES string of the molecule is CC1(C)CCc2cc(CN(CCc3cccc(C(F)(F)F)c3)C(=O)c3cc(Cl)cc4cc[nH]c34)ccc2O1. The van der Waals surface area contributed by atoms with Crippen molar-refractivity contribution in [2.75, 3.05) is 6.54 Å². The van der Waals surface area contributed by atoms with E-state index in [1.165, 1.54) is 6.07 Å². The van der Waals surface area contributed by atoms with E-state index < -0.39 is 11.7 Å². The van der Waals surface area contributed by atoms with Crippen LogP contribution in [-0.4, -0.2) is 27.9 Å². The normalized spacial score (nSPS) is 14.7. The molecule has 0 bridgehead atoms. The van der Waals surface area contributed by atoms with E-state index >= 15 is 0 Å². The van der Waals surface area contributed by atoms with Crippen LogP contribution in [0.3, 0.4) is 0 Å². The van der Waals surface area contributed by atoms with Crippen molar-refractivity contribution < 1.29 is 22.7 Å². The Hall–Kier alpha value is -3.45. The molecular formula is C30H28ClF3N2O2. The number of rotatable bonds is 6. The molecule has 38 heavy (non-hydrogen) atoms. The summed E-state index contributed by atoms with van der Waals surface area (Å²) in [6.45, 7) is 4.65. The molecule has 0 radical (unpaired) electrons. The molecule has 0 spiro atoms. The van der Waals surface area contributed by atoms with Crippen molar-refractivity contribution in [2.45, 2.75) is 51.4 Å². The number of fused-ring (bicyclic) bond motifs is 2. The summed E-state index contributed by atoms with van der Waals surface area (Å²) < 4.78 is 45.9. The van der Waals surface area contributed by atoms with Crippen molar-refractivity contribution in [2.24, 2.45) is 0 Å². The molecular weight excluding hydrogens is 513 g/mol. The molecule has 198 valence electrons. The molecule has 1 aromatic heterocycles. The van der Waals surface area contributed by atoms with Crippen molar-refractivity contribution in [3.8, 4) is 5.75 Å². The topological polar surface area (TPSA) is 45.3 Å². The van der Waals surface area contributed by atoms with Crippen LogP contribution in [0.5, 0.6) is 5.75 Å². The molecule has 2 heterocycles. The fourth-order valence-electron chi connectivity index (χ4n) is 4.92. The molecule has 3 aromatic carbocycles. The van der Waals surface area contributed by atoms with Crippen molar-refractivity contribution in [1.82, 2.24) is 9.88 Å². The average Bonchev–Trinajstić information content (AvgIpc) is 3.33. The standard InChI is InChI=1S/C30H28ClF3N2O2/c1-29(2)11-8-21-14-20(6-7-26(21)38-29)18-36(13-10-19-4-3-5-23(15-19)30(32,33)34)28(37)25-17-24(31)16-22-9-12-35-27(22)25/h3-7,9,12,14-17,35H,8,10-11,13,18H2,1-2H3. The number of amides is 1. The zero-order valence-electron chi connectivity index (χ0n) is 21.2. The molecule has 4 aromatic rings. The number of nitrogens with one attached hydrogen (secondary N) is 1. The lowest BCUT2D eigenvalue weighted by Crippen LogP contribution is -2.34. The number of benzene rings is 3. The maximum Gasteiger partial charge on any atom is 0.416 e. The fourth-order valence-corrected chi connectivity index (χ4v) is 5.15. The highest BCUT2D eigenvalue weighted by atomic mass is 35.5. The molecule has 1 aliphatic heterocycles. The molecule has 0 fully saturated rings. The summed E-state index contributed by atoms with van der Waals surface area (Å²) in [5.74, 6) is 0.594. The van der Waals surface area contributed by atoms with Crippen molar-refractivity contribution in [1.29, 1.82) is 0 Å². The predicted octanol–water partition coefficient (Wildman–Crippen LogP) is 7.83. The minimum atomic E-state index is -4.43. The van der Waals surface area contributed by atoms with Crippen LogP contribution < -0.4 is 4.74 Å². The zero-order valence-corrected chi connectivity index (χ0v) is 21.9. The van der Waals surface area contributed by atoms with Crippen LogP contribution in [-0.2, 0) is 25.6 Å². The first-order valence-electron chi connectivity index (χ1n) is 12.5. The lowest BCUT2D eigenvalue weighted by Gasteiger charge is -2.33. The van der Waals surface area contributed by atoms with Gasteiger partial charge in [-0.15, -0.1) is 0 Å². The van der Waals surface area contributed by atoms with Gasteiger partial charge in [0.25, 0.3) is 5.91 Å². The summed E-state index contributed by atoms with van der Waals surface area (Å²) in [7, 11) is 0. The molecule has 0 aliphatic carbocycles. The number of hydrogen-bond acceptors (Lipinski definition) is 2.